The topological polar surface area (TPSA) is 66.5 Å². The lowest BCUT2D eigenvalue weighted by atomic mass is 9.86. The number of urea groups is 1. The van der Waals surface area contributed by atoms with Crippen molar-refractivity contribution in [1.82, 2.24) is 10.2 Å². The monoisotopic (exact) mass is 266 g/mol. The third kappa shape index (κ3) is 2.51. The first-order valence-electron chi connectivity index (χ1n) is 7.11. The second-order valence-corrected chi connectivity index (χ2v) is 6.01. The van der Waals surface area contributed by atoms with Crippen LogP contribution in [0.25, 0.3) is 0 Å². The summed E-state index contributed by atoms with van der Waals surface area (Å²) in [6, 6.07) is -0.755. The normalized spacial score (nSPS) is 27.1. The lowest BCUT2D eigenvalue weighted by Gasteiger charge is -2.37. The Hall–Kier alpha value is -1.39. The van der Waals surface area contributed by atoms with Gasteiger partial charge in [0.25, 0.3) is 0 Å². The van der Waals surface area contributed by atoms with Gasteiger partial charge in [0.1, 0.15) is 5.92 Å². The second-order valence-electron chi connectivity index (χ2n) is 6.01. The fraction of sp³-hybridized carbons (Fsp3) is 0.786. The molecule has 1 saturated heterocycles. The summed E-state index contributed by atoms with van der Waals surface area (Å²) >= 11 is 0. The molecule has 1 aliphatic heterocycles. The molecule has 1 saturated carbocycles. The summed E-state index contributed by atoms with van der Waals surface area (Å²) in [5.74, 6) is -1.10. The van der Waals surface area contributed by atoms with Crippen LogP contribution >= 0.6 is 0 Å². The van der Waals surface area contributed by atoms with Crippen LogP contribution in [0.1, 0.15) is 46.5 Å². The molecule has 0 aromatic heterocycles. The standard InChI is InChI=1S/C14H22N2O3/c1-8(2)9(3)16-13(18)11(10-6-4-5-7-10)12(17)15-14(16)19/h8-11H,4-7H2,1-3H3,(H,15,17,19). The van der Waals surface area contributed by atoms with Crippen LogP contribution in [0.5, 0.6) is 0 Å². The van der Waals surface area contributed by atoms with Crippen molar-refractivity contribution in [1.29, 1.82) is 0 Å². The first-order valence-corrected chi connectivity index (χ1v) is 7.11. The van der Waals surface area contributed by atoms with E-state index in [4.69, 9.17) is 0 Å². The van der Waals surface area contributed by atoms with Crippen LogP contribution < -0.4 is 5.32 Å². The van der Waals surface area contributed by atoms with Crippen molar-refractivity contribution in [2.24, 2.45) is 17.8 Å². The van der Waals surface area contributed by atoms with Crippen molar-refractivity contribution in [3.05, 3.63) is 0 Å². The number of carbonyl (C=O) groups excluding carboxylic acids is 3. The van der Waals surface area contributed by atoms with Crippen molar-refractivity contribution < 1.29 is 14.4 Å². The van der Waals surface area contributed by atoms with Crippen molar-refractivity contribution in [2.75, 3.05) is 0 Å². The van der Waals surface area contributed by atoms with Gasteiger partial charge in [-0.3, -0.25) is 19.8 Å². The maximum atomic E-state index is 12.5. The zero-order chi connectivity index (χ0) is 14.2. The Labute approximate surface area is 113 Å². The van der Waals surface area contributed by atoms with Gasteiger partial charge in [0.15, 0.2) is 0 Å². The number of barbiturate groups is 1. The molecule has 0 bridgehead atoms. The van der Waals surface area contributed by atoms with E-state index >= 15 is 0 Å². The first kappa shape index (κ1) is 14.0. The highest BCUT2D eigenvalue weighted by Crippen LogP contribution is 2.34. The summed E-state index contributed by atoms with van der Waals surface area (Å²) in [7, 11) is 0. The molecule has 2 rings (SSSR count). The quantitative estimate of drug-likeness (QED) is 0.793. The van der Waals surface area contributed by atoms with Gasteiger partial charge in [-0.05, 0) is 31.6 Å². The predicted molar refractivity (Wildman–Crippen MR) is 70.1 cm³/mol. The fourth-order valence-electron chi connectivity index (χ4n) is 3.00. The van der Waals surface area contributed by atoms with Crippen molar-refractivity contribution >= 4 is 17.8 Å². The fourth-order valence-corrected chi connectivity index (χ4v) is 3.00. The molecule has 4 amide bonds. The third-order valence-corrected chi connectivity index (χ3v) is 4.48. The number of amides is 4. The van der Waals surface area contributed by atoms with E-state index < -0.39 is 17.9 Å². The molecule has 2 unspecified atom stereocenters. The first-order chi connectivity index (χ1) is 8.93. The number of carbonyl (C=O) groups is 3. The van der Waals surface area contributed by atoms with Gasteiger partial charge in [0.2, 0.25) is 11.8 Å². The van der Waals surface area contributed by atoms with Crippen molar-refractivity contribution in [2.45, 2.75) is 52.5 Å². The number of hydrogen-bond acceptors (Lipinski definition) is 3. The van der Waals surface area contributed by atoms with Crippen LogP contribution in [-0.2, 0) is 9.59 Å². The number of nitrogens with zero attached hydrogens (tertiary/aromatic N) is 1. The Balaban J connectivity index is 2.23. The molecule has 1 aliphatic carbocycles. The van der Waals surface area contributed by atoms with Gasteiger partial charge in [0.05, 0.1) is 0 Å². The van der Waals surface area contributed by atoms with Crippen LogP contribution in [0.4, 0.5) is 4.79 Å². The lowest BCUT2D eigenvalue weighted by molar-refractivity contribution is -0.146. The average Bonchev–Trinajstić information content (AvgIpc) is 2.81. The van der Waals surface area contributed by atoms with E-state index in [9.17, 15) is 14.4 Å². The molecule has 2 aliphatic rings. The third-order valence-electron chi connectivity index (χ3n) is 4.48. The molecular formula is C14H22N2O3. The predicted octanol–water partition coefficient (Wildman–Crippen LogP) is 1.92. The van der Waals surface area contributed by atoms with E-state index in [2.05, 4.69) is 5.32 Å². The highest BCUT2D eigenvalue weighted by Gasteiger charge is 2.46. The summed E-state index contributed by atoms with van der Waals surface area (Å²) in [4.78, 5) is 37.6. The summed E-state index contributed by atoms with van der Waals surface area (Å²) in [6.07, 6.45) is 3.94. The molecule has 106 valence electrons. The van der Waals surface area contributed by atoms with E-state index in [1.807, 2.05) is 20.8 Å². The number of hydrogen-bond donors (Lipinski definition) is 1. The Morgan fingerprint density at radius 1 is 1.11 bits per heavy atom. The van der Waals surface area contributed by atoms with Crippen LogP contribution in [0.15, 0.2) is 0 Å². The molecule has 5 heteroatoms. The van der Waals surface area contributed by atoms with Crippen LogP contribution in [0, 0.1) is 17.8 Å². The van der Waals surface area contributed by atoms with Gasteiger partial charge in [0, 0.05) is 6.04 Å². The van der Waals surface area contributed by atoms with E-state index in [1.165, 1.54) is 4.90 Å². The van der Waals surface area contributed by atoms with Gasteiger partial charge in [-0.25, -0.2) is 4.79 Å². The molecule has 2 fully saturated rings. The maximum absolute atomic E-state index is 12.5. The highest BCUT2D eigenvalue weighted by atomic mass is 16.2. The minimum absolute atomic E-state index is 0.0995. The van der Waals surface area contributed by atoms with Crippen LogP contribution in [0.3, 0.4) is 0 Å². The summed E-state index contributed by atoms with van der Waals surface area (Å²) in [5.41, 5.74) is 0. The number of imide groups is 2. The summed E-state index contributed by atoms with van der Waals surface area (Å²) in [6.45, 7) is 5.78. The SMILES string of the molecule is CC(C)C(C)N1C(=O)NC(=O)C(C2CCCC2)C1=O. The molecule has 0 aromatic rings. The Bertz CT molecular complexity index is 377. The molecule has 0 aromatic carbocycles. The highest BCUT2D eigenvalue weighted by molar-refractivity contribution is 6.16. The molecule has 19 heavy (non-hydrogen) atoms. The molecule has 5 nitrogen and oxygen atoms in total. The van der Waals surface area contributed by atoms with Crippen LogP contribution in [-0.4, -0.2) is 28.8 Å². The summed E-state index contributed by atoms with van der Waals surface area (Å²) in [5, 5.41) is 2.35. The van der Waals surface area contributed by atoms with E-state index in [-0.39, 0.29) is 23.8 Å². The van der Waals surface area contributed by atoms with Gasteiger partial charge in [-0.2, -0.15) is 0 Å². The van der Waals surface area contributed by atoms with E-state index in [0.717, 1.165) is 25.7 Å². The van der Waals surface area contributed by atoms with E-state index in [0.29, 0.717) is 0 Å². The minimum Gasteiger partial charge on any atom is -0.277 e. The summed E-state index contributed by atoms with van der Waals surface area (Å²) < 4.78 is 0. The largest absolute Gasteiger partial charge is 0.331 e. The number of rotatable bonds is 3. The second kappa shape index (κ2) is 5.31. The Morgan fingerprint density at radius 3 is 2.21 bits per heavy atom. The zero-order valence-electron chi connectivity index (χ0n) is 11.8. The zero-order valence-corrected chi connectivity index (χ0v) is 11.8. The maximum Gasteiger partial charge on any atom is 0.331 e. The van der Waals surface area contributed by atoms with Crippen LogP contribution in [0.2, 0.25) is 0 Å². The van der Waals surface area contributed by atoms with Gasteiger partial charge >= 0.3 is 6.03 Å². The molecular weight excluding hydrogens is 244 g/mol. The number of nitrogens with one attached hydrogen (secondary N) is 1. The lowest BCUT2D eigenvalue weighted by Crippen LogP contribution is -2.62. The van der Waals surface area contributed by atoms with Gasteiger partial charge < -0.3 is 0 Å². The Morgan fingerprint density at radius 2 is 1.68 bits per heavy atom. The minimum atomic E-state index is -0.665. The van der Waals surface area contributed by atoms with Crippen molar-refractivity contribution in [3.63, 3.8) is 0 Å². The average molecular weight is 266 g/mol. The molecule has 1 N–H and O–H groups in total. The smallest absolute Gasteiger partial charge is 0.277 e. The molecule has 1 heterocycles. The molecule has 0 spiro atoms. The molecule has 2 atom stereocenters. The van der Waals surface area contributed by atoms with Gasteiger partial charge in [-0.1, -0.05) is 26.7 Å². The van der Waals surface area contributed by atoms with E-state index in [1.54, 1.807) is 0 Å². The Kier molecular flexibility index (Phi) is 3.92. The van der Waals surface area contributed by atoms with Gasteiger partial charge in [-0.15, -0.1) is 0 Å². The van der Waals surface area contributed by atoms with Crippen molar-refractivity contribution in [3.8, 4) is 0 Å². The molecule has 0 radical (unpaired) electrons.